The maximum absolute atomic E-state index is 13.9. The van der Waals surface area contributed by atoms with Crippen molar-refractivity contribution in [3.8, 4) is 0 Å². The first-order chi connectivity index (χ1) is 20.5. The number of nitrogens with zero attached hydrogens (tertiary/aromatic N) is 1. The van der Waals surface area contributed by atoms with E-state index in [1.807, 2.05) is 107 Å². The van der Waals surface area contributed by atoms with Crippen LogP contribution in [0.2, 0.25) is 0 Å². The summed E-state index contributed by atoms with van der Waals surface area (Å²) in [7, 11) is 0. The first kappa shape index (κ1) is 32.0. The van der Waals surface area contributed by atoms with Crippen molar-refractivity contribution in [3.63, 3.8) is 0 Å². The smallest absolute Gasteiger partial charge is 0.254 e. The molecule has 43 heavy (non-hydrogen) atoms. The van der Waals surface area contributed by atoms with E-state index < -0.39 is 34.7 Å². The zero-order valence-electron chi connectivity index (χ0n) is 25.5. The maximum Gasteiger partial charge on any atom is 0.254 e. The van der Waals surface area contributed by atoms with Crippen LogP contribution in [0.15, 0.2) is 78.9 Å². The molecule has 1 fully saturated rings. The summed E-state index contributed by atoms with van der Waals surface area (Å²) in [5.41, 5.74) is 5.96. The highest BCUT2D eigenvalue weighted by molar-refractivity contribution is 8.00. The van der Waals surface area contributed by atoms with Gasteiger partial charge in [-0.2, -0.15) is 0 Å². The number of hydrogen-bond donors (Lipinski definition) is 3. The summed E-state index contributed by atoms with van der Waals surface area (Å²) in [4.78, 5) is 41.9. The zero-order valence-corrected chi connectivity index (χ0v) is 26.3. The average Bonchev–Trinajstić information content (AvgIpc) is 3.30. The van der Waals surface area contributed by atoms with Gasteiger partial charge in [-0.3, -0.25) is 14.4 Å². The molecule has 1 saturated heterocycles. The molecule has 1 aliphatic rings. The van der Waals surface area contributed by atoms with Gasteiger partial charge in [-0.15, -0.1) is 11.8 Å². The van der Waals surface area contributed by atoms with Crippen molar-refractivity contribution in [2.75, 3.05) is 5.88 Å². The predicted molar refractivity (Wildman–Crippen MR) is 173 cm³/mol. The van der Waals surface area contributed by atoms with Crippen LogP contribution in [-0.2, 0) is 27.3 Å². The lowest BCUT2D eigenvalue weighted by Gasteiger charge is -2.33. The largest absolute Gasteiger partial charge is 0.381 e. The van der Waals surface area contributed by atoms with Gasteiger partial charge in [-0.1, -0.05) is 72.8 Å². The Morgan fingerprint density at radius 1 is 0.953 bits per heavy atom. The Hall–Kier alpha value is -3.88. The molecule has 3 aromatic carbocycles. The van der Waals surface area contributed by atoms with Gasteiger partial charge in [0.05, 0.1) is 11.9 Å². The van der Waals surface area contributed by atoms with E-state index in [0.29, 0.717) is 6.54 Å². The number of aliphatic hydroxyl groups excluding tert-OH is 1. The second-order valence-corrected chi connectivity index (χ2v) is 13.2. The molecule has 1 heterocycles. The van der Waals surface area contributed by atoms with Crippen molar-refractivity contribution < 1.29 is 19.5 Å². The number of benzene rings is 3. The molecule has 8 heteroatoms. The van der Waals surface area contributed by atoms with Gasteiger partial charge in [-0.25, -0.2) is 0 Å². The lowest BCUT2D eigenvalue weighted by molar-refractivity contribution is -0.147. The van der Waals surface area contributed by atoms with Gasteiger partial charge in [-0.05, 0) is 80.5 Å². The minimum absolute atomic E-state index is 0.241. The van der Waals surface area contributed by atoms with Crippen molar-refractivity contribution >= 4 is 35.6 Å². The van der Waals surface area contributed by atoms with E-state index in [-0.39, 0.29) is 18.2 Å². The molecular formula is C35H41N3O4S. The number of aliphatic hydroxyl groups is 1. The van der Waals surface area contributed by atoms with E-state index >= 15 is 0 Å². The van der Waals surface area contributed by atoms with E-state index in [4.69, 9.17) is 0 Å². The molecule has 0 aromatic heterocycles. The first-order valence-corrected chi connectivity index (χ1v) is 15.5. The number of amides is 3. The Balaban J connectivity index is 1.53. The Kier molecular flexibility index (Phi) is 10.5. The van der Waals surface area contributed by atoms with Gasteiger partial charge >= 0.3 is 0 Å². The van der Waals surface area contributed by atoms with Gasteiger partial charge in [0.15, 0.2) is 6.10 Å². The maximum atomic E-state index is 13.9. The van der Waals surface area contributed by atoms with Gasteiger partial charge in [0.1, 0.15) is 6.04 Å². The van der Waals surface area contributed by atoms with Crippen molar-refractivity contribution in [3.05, 3.63) is 112 Å². The Labute approximate surface area is 258 Å². The minimum Gasteiger partial charge on any atom is -0.381 e. The average molecular weight is 600 g/mol. The Morgan fingerprint density at radius 3 is 2.26 bits per heavy atom. The molecule has 226 valence electrons. The van der Waals surface area contributed by atoms with Crippen LogP contribution in [0.4, 0.5) is 0 Å². The second-order valence-electron chi connectivity index (χ2n) is 11.6. The molecule has 0 unspecified atom stereocenters. The number of hydrogen-bond acceptors (Lipinski definition) is 5. The van der Waals surface area contributed by atoms with E-state index in [0.717, 1.165) is 33.4 Å². The van der Waals surface area contributed by atoms with Crippen LogP contribution < -0.4 is 10.6 Å². The van der Waals surface area contributed by atoms with Crippen molar-refractivity contribution in [1.82, 2.24) is 15.5 Å². The normalized spacial score (nSPS) is 17.4. The number of thioether (sulfide) groups is 1. The molecule has 3 atom stereocenters. The number of carbonyl (C=O) groups is 3. The number of aryl methyl sites for hydroxylation is 3. The van der Waals surface area contributed by atoms with Crippen molar-refractivity contribution in [2.24, 2.45) is 0 Å². The van der Waals surface area contributed by atoms with Crippen LogP contribution in [0.1, 0.15) is 47.2 Å². The molecule has 0 aliphatic carbocycles. The molecule has 4 rings (SSSR count). The highest BCUT2D eigenvalue weighted by Crippen LogP contribution is 2.40. The molecule has 0 bridgehead atoms. The fourth-order valence-corrected chi connectivity index (χ4v) is 6.57. The lowest BCUT2D eigenvalue weighted by Crippen LogP contribution is -2.58. The van der Waals surface area contributed by atoms with Crippen LogP contribution in [0.25, 0.3) is 6.08 Å². The number of rotatable bonds is 10. The van der Waals surface area contributed by atoms with Gasteiger partial charge < -0.3 is 20.6 Å². The van der Waals surface area contributed by atoms with E-state index in [1.165, 1.54) is 22.7 Å². The molecule has 0 radical (unpaired) electrons. The summed E-state index contributed by atoms with van der Waals surface area (Å²) in [6, 6.07) is 21.5. The van der Waals surface area contributed by atoms with Crippen LogP contribution >= 0.6 is 11.8 Å². The predicted octanol–water partition coefficient (Wildman–Crippen LogP) is 4.71. The summed E-state index contributed by atoms with van der Waals surface area (Å²) >= 11 is 1.49. The van der Waals surface area contributed by atoms with E-state index in [2.05, 4.69) is 10.6 Å². The van der Waals surface area contributed by atoms with Crippen LogP contribution in [-0.4, -0.2) is 56.5 Å². The van der Waals surface area contributed by atoms with Gasteiger partial charge in [0.25, 0.3) is 5.91 Å². The van der Waals surface area contributed by atoms with E-state index in [1.54, 1.807) is 6.08 Å². The number of nitrogens with one attached hydrogen (secondary N) is 2. The third-order valence-corrected chi connectivity index (χ3v) is 9.37. The molecule has 1 aliphatic heterocycles. The van der Waals surface area contributed by atoms with Gasteiger partial charge in [0, 0.05) is 17.4 Å². The van der Waals surface area contributed by atoms with Crippen molar-refractivity contribution in [1.29, 1.82) is 0 Å². The topological polar surface area (TPSA) is 98.7 Å². The first-order valence-electron chi connectivity index (χ1n) is 14.5. The summed E-state index contributed by atoms with van der Waals surface area (Å²) < 4.78 is -0.572. The van der Waals surface area contributed by atoms with Gasteiger partial charge in [0.2, 0.25) is 11.8 Å². The zero-order chi connectivity index (χ0) is 31.1. The third-order valence-electron chi connectivity index (χ3n) is 8.00. The molecule has 3 amide bonds. The van der Waals surface area contributed by atoms with Crippen LogP contribution in [0.5, 0.6) is 0 Å². The molecule has 0 spiro atoms. The van der Waals surface area contributed by atoms with Crippen LogP contribution in [0, 0.1) is 20.8 Å². The molecule has 3 N–H and O–H groups in total. The Morgan fingerprint density at radius 2 is 1.58 bits per heavy atom. The fourth-order valence-electron chi connectivity index (χ4n) is 5.43. The SMILES string of the molecule is Cc1ccccc1CNC(=O)[C@H]1N(C(=O)[C@@H](O)[C@H](Cc2ccccc2)NC(=O)C=Cc2c(C)cccc2C)CSC1(C)C. The monoisotopic (exact) mass is 599 g/mol. The quantitative estimate of drug-likeness (QED) is 0.293. The Bertz CT molecular complexity index is 1470. The highest BCUT2D eigenvalue weighted by atomic mass is 32.2. The molecule has 3 aromatic rings. The van der Waals surface area contributed by atoms with E-state index in [9.17, 15) is 19.5 Å². The standard InChI is InChI=1S/C35H41N3O4S/c1-23-12-9-10-17-27(23)21-36-33(41)32-35(4,5)43-22-38(32)34(42)31(40)29(20-26-15-7-6-8-16-26)37-30(39)19-18-28-24(2)13-11-14-25(28)3/h6-19,29,31-32,40H,20-22H2,1-5H3,(H,36,41)(H,37,39)/t29-,31-,32+/m0/s1. The summed E-state index contributed by atoms with van der Waals surface area (Å²) in [6.45, 7) is 10.1. The number of carbonyl (C=O) groups excluding carboxylic acids is 3. The third kappa shape index (κ3) is 7.94. The molecule has 0 saturated carbocycles. The minimum atomic E-state index is -1.56. The summed E-state index contributed by atoms with van der Waals surface area (Å²) in [5, 5.41) is 17.3. The lowest BCUT2D eigenvalue weighted by atomic mass is 9.97. The fraction of sp³-hybridized carbons (Fsp3) is 0.343. The highest BCUT2D eigenvalue weighted by Gasteiger charge is 2.49. The van der Waals surface area contributed by atoms with Crippen molar-refractivity contribution in [2.45, 2.75) is 70.5 Å². The molecular weight excluding hydrogens is 558 g/mol. The summed E-state index contributed by atoms with van der Waals surface area (Å²) in [5.74, 6) is -1.03. The molecule has 7 nitrogen and oxygen atoms in total. The summed E-state index contributed by atoms with van der Waals surface area (Å²) in [6.07, 6.45) is 1.87. The van der Waals surface area contributed by atoms with Crippen LogP contribution in [0.3, 0.4) is 0 Å². The second kappa shape index (κ2) is 14.1.